The molecule has 2 aromatic rings. The van der Waals surface area contributed by atoms with Gasteiger partial charge in [0.2, 0.25) is 5.95 Å². The molecule has 0 aliphatic carbocycles. The van der Waals surface area contributed by atoms with Crippen molar-refractivity contribution < 1.29 is 4.39 Å². The third-order valence-corrected chi connectivity index (χ3v) is 4.55. The molecule has 3 heterocycles. The molecule has 2 atom stereocenters. The van der Waals surface area contributed by atoms with Crippen LogP contribution < -0.4 is 10.5 Å². The standard InChI is InChI=1S/C17H21FN4O/c1-11-5-7-22(12(2)8-11)17-20-15(9-16(23)21(17)3)13-4-6-19-10-14(13)18/h4,6,9-12H,5,7-8H2,1-3H3/t11-,12-/m0/s1. The number of hydrogen-bond acceptors (Lipinski definition) is 4. The number of pyridine rings is 1. The number of aromatic nitrogens is 3. The van der Waals surface area contributed by atoms with Crippen LogP contribution in [0.25, 0.3) is 11.3 Å². The van der Waals surface area contributed by atoms with Crippen LogP contribution in [0.5, 0.6) is 0 Å². The van der Waals surface area contributed by atoms with Crippen molar-refractivity contribution in [1.82, 2.24) is 14.5 Å². The van der Waals surface area contributed by atoms with Crippen LogP contribution in [0, 0.1) is 11.7 Å². The Balaban J connectivity index is 2.08. The molecule has 1 saturated heterocycles. The molecule has 0 radical (unpaired) electrons. The van der Waals surface area contributed by atoms with Crippen LogP contribution in [0.4, 0.5) is 10.3 Å². The maximum Gasteiger partial charge on any atom is 0.255 e. The van der Waals surface area contributed by atoms with Crippen LogP contribution in [0.3, 0.4) is 0 Å². The summed E-state index contributed by atoms with van der Waals surface area (Å²) in [4.78, 5) is 22.8. The van der Waals surface area contributed by atoms with Crippen molar-refractivity contribution in [3.63, 3.8) is 0 Å². The summed E-state index contributed by atoms with van der Waals surface area (Å²) in [6.07, 6.45) is 4.76. The third-order valence-electron chi connectivity index (χ3n) is 4.55. The van der Waals surface area contributed by atoms with E-state index in [9.17, 15) is 9.18 Å². The van der Waals surface area contributed by atoms with Crippen molar-refractivity contribution in [3.8, 4) is 11.3 Å². The van der Waals surface area contributed by atoms with Crippen LogP contribution in [0.2, 0.25) is 0 Å². The minimum absolute atomic E-state index is 0.188. The zero-order valence-electron chi connectivity index (χ0n) is 13.7. The Morgan fingerprint density at radius 1 is 1.35 bits per heavy atom. The maximum atomic E-state index is 14.0. The van der Waals surface area contributed by atoms with Crippen molar-refractivity contribution >= 4 is 5.95 Å². The van der Waals surface area contributed by atoms with Gasteiger partial charge in [-0.05, 0) is 31.7 Å². The summed E-state index contributed by atoms with van der Waals surface area (Å²) in [6.45, 7) is 5.23. The molecular weight excluding hydrogens is 295 g/mol. The summed E-state index contributed by atoms with van der Waals surface area (Å²) in [5.74, 6) is 0.793. The van der Waals surface area contributed by atoms with Gasteiger partial charge in [-0.1, -0.05) is 6.92 Å². The van der Waals surface area contributed by atoms with Crippen LogP contribution in [0.1, 0.15) is 26.7 Å². The molecule has 122 valence electrons. The summed E-state index contributed by atoms with van der Waals surface area (Å²) in [6, 6.07) is 3.22. The molecular formula is C17H21FN4O. The van der Waals surface area contributed by atoms with E-state index in [1.807, 2.05) is 0 Å². The number of anilines is 1. The van der Waals surface area contributed by atoms with E-state index >= 15 is 0 Å². The van der Waals surface area contributed by atoms with Crippen LogP contribution in [-0.4, -0.2) is 27.1 Å². The smallest absolute Gasteiger partial charge is 0.255 e. The minimum Gasteiger partial charge on any atom is -0.339 e. The average Bonchev–Trinajstić information content (AvgIpc) is 2.51. The van der Waals surface area contributed by atoms with Crippen molar-refractivity contribution in [2.24, 2.45) is 13.0 Å². The second kappa shape index (κ2) is 6.10. The first-order valence-electron chi connectivity index (χ1n) is 7.92. The highest BCUT2D eigenvalue weighted by Gasteiger charge is 2.26. The maximum absolute atomic E-state index is 14.0. The zero-order chi connectivity index (χ0) is 16.6. The van der Waals surface area contributed by atoms with Gasteiger partial charge in [-0.2, -0.15) is 0 Å². The lowest BCUT2D eigenvalue weighted by molar-refractivity contribution is 0.371. The first-order valence-corrected chi connectivity index (χ1v) is 7.92. The monoisotopic (exact) mass is 316 g/mol. The van der Waals surface area contributed by atoms with Crippen LogP contribution >= 0.6 is 0 Å². The molecule has 0 spiro atoms. The lowest BCUT2D eigenvalue weighted by Gasteiger charge is -2.37. The van der Waals surface area contributed by atoms with Gasteiger partial charge in [0.15, 0.2) is 5.82 Å². The number of halogens is 1. The first kappa shape index (κ1) is 15.6. The summed E-state index contributed by atoms with van der Waals surface area (Å²) < 4.78 is 15.5. The fraction of sp³-hybridized carbons (Fsp3) is 0.471. The molecule has 3 rings (SSSR count). The van der Waals surface area contributed by atoms with Gasteiger partial charge < -0.3 is 4.90 Å². The Labute approximate surface area is 134 Å². The van der Waals surface area contributed by atoms with Gasteiger partial charge in [0.05, 0.1) is 11.9 Å². The van der Waals surface area contributed by atoms with E-state index in [-0.39, 0.29) is 5.56 Å². The van der Waals surface area contributed by atoms with Gasteiger partial charge in [0.1, 0.15) is 0 Å². The van der Waals surface area contributed by atoms with E-state index in [1.165, 1.54) is 16.8 Å². The van der Waals surface area contributed by atoms with E-state index in [0.29, 0.717) is 29.2 Å². The molecule has 1 aliphatic heterocycles. The molecule has 2 aromatic heterocycles. The van der Waals surface area contributed by atoms with Crippen LogP contribution in [0.15, 0.2) is 29.3 Å². The quantitative estimate of drug-likeness (QED) is 0.854. The Morgan fingerprint density at radius 2 is 2.13 bits per heavy atom. The van der Waals surface area contributed by atoms with Gasteiger partial charge in [-0.3, -0.25) is 14.3 Å². The Hall–Kier alpha value is -2.24. The summed E-state index contributed by atoms with van der Waals surface area (Å²) in [5.41, 5.74) is 0.470. The molecule has 0 N–H and O–H groups in total. The topological polar surface area (TPSA) is 51.0 Å². The molecule has 23 heavy (non-hydrogen) atoms. The molecule has 0 bridgehead atoms. The van der Waals surface area contributed by atoms with Gasteiger partial charge >= 0.3 is 0 Å². The van der Waals surface area contributed by atoms with Crippen LogP contribution in [-0.2, 0) is 7.05 Å². The van der Waals surface area contributed by atoms with E-state index in [1.54, 1.807) is 13.1 Å². The molecule has 0 saturated carbocycles. The lowest BCUT2D eigenvalue weighted by atomic mass is 9.94. The average molecular weight is 316 g/mol. The highest BCUT2D eigenvalue weighted by Crippen LogP contribution is 2.27. The number of nitrogens with zero attached hydrogens (tertiary/aromatic N) is 4. The molecule has 5 nitrogen and oxygen atoms in total. The predicted molar refractivity (Wildman–Crippen MR) is 87.9 cm³/mol. The SMILES string of the molecule is C[C@H]1CCN(c2nc(-c3ccncc3F)cc(=O)n2C)[C@@H](C)C1. The largest absolute Gasteiger partial charge is 0.339 e. The first-order chi connectivity index (χ1) is 11.0. The molecule has 0 amide bonds. The van der Waals surface area contributed by atoms with Gasteiger partial charge in [-0.25, -0.2) is 9.37 Å². The minimum atomic E-state index is -0.473. The molecule has 1 aliphatic rings. The van der Waals surface area contributed by atoms with Gasteiger partial charge in [0.25, 0.3) is 5.56 Å². The molecule has 1 fully saturated rings. The lowest BCUT2D eigenvalue weighted by Crippen LogP contribution is -2.43. The second-order valence-corrected chi connectivity index (χ2v) is 6.37. The Kier molecular flexibility index (Phi) is 4.15. The molecule has 0 unspecified atom stereocenters. The highest BCUT2D eigenvalue weighted by molar-refractivity contribution is 5.60. The van der Waals surface area contributed by atoms with Crippen molar-refractivity contribution in [2.75, 3.05) is 11.4 Å². The van der Waals surface area contributed by atoms with Crippen molar-refractivity contribution in [3.05, 3.63) is 40.7 Å². The van der Waals surface area contributed by atoms with E-state index in [0.717, 1.165) is 25.6 Å². The van der Waals surface area contributed by atoms with Crippen molar-refractivity contribution in [2.45, 2.75) is 32.7 Å². The Bertz CT molecular complexity index is 773. The third kappa shape index (κ3) is 2.98. The van der Waals surface area contributed by atoms with Crippen molar-refractivity contribution in [1.29, 1.82) is 0 Å². The fourth-order valence-corrected chi connectivity index (χ4v) is 3.21. The normalized spacial score (nSPS) is 21.5. The number of rotatable bonds is 2. The molecule has 0 aromatic carbocycles. The second-order valence-electron chi connectivity index (χ2n) is 6.37. The fourth-order valence-electron chi connectivity index (χ4n) is 3.21. The van der Waals surface area contributed by atoms with Gasteiger partial charge in [0, 0.05) is 37.5 Å². The van der Waals surface area contributed by atoms with Gasteiger partial charge in [-0.15, -0.1) is 0 Å². The summed E-state index contributed by atoms with van der Waals surface area (Å²) in [5, 5.41) is 0. The molecule has 6 heteroatoms. The summed E-state index contributed by atoms with van der Waals surface area (Å²) >= 11 is 0. The van der Waals surface area contributed by atoms with E-state index in [2.05, 4.69) is 28.7 Å². The highest BCUT2D eigenvalue weighted by atomic mass is 19.1. The van der Waals surface area contributed by atoms with E-state index < -0.39 is 5.82 Å². The van der Waals surface area contributed by atoms with E-state index in [4.69, 9.17) is 0 Å². The number of piperidine rings is 1. The number of hydrogen-bond donors (Lipinski definition) is 0. The summed E-state index contributed by atoms with van der Waals surface area (Å²) in [7, 11) is 1.71. The Morgan fingerprint density at radius 3 is 2.83 bits per heavy atom. The predicted octanol–water partition coefficient (Wildman–Crippen LogP) is 2.61. The zero-order valence-corrected chi connectivity index (χ0v) is 13.7.